The van der Waals surface area contributed by atoms with Gasteiger partial charge in [-0.15, -0.1) is 0 Å². The van der Waals surface area contributed by atoms with Gasteiger partial charge in [0.1, 0.15) is 6.04 Å². The molecule has 0 radical (unpaired) electrons. The molecule has 2 atom stereocenters. The van der Waals surface area contributed by atoms with Gasteiger partial charge >= 0.3 is 12.1 Å². The lowest BCUT2D eigenvalue weighted by Gasteiger charge is -2.20. The van der Waals surface area contributed by atoms with E-state index in [2.05, 4.69) is 5.32 Å². The summed E-state index contributed by atoms with van der Waals surface area (Å²) in [5, 5.41) is 11.4. The van der Waals surface area contributed by atoms with Gasteiger partial charge in [-0.05, 0) is 17.5 Å². The van der Waals surface area contributed by atoms with Crippen LogP contribution >= 0.6 is 0 Å². The number of hydrogen-bond acceptors (Lipinski definition) is 2. The SMILES string of the molecule is CC[C@@H](C)[C@@H](NC(=O)Cc1cccc(C(F)(F)F)c1)C(=O)O. The number of carboxylic acids is 1. The first-order valence-electron chi connectivity index (χ1n) is 6.83. The lowest BCUT2D eigenvalue weighted by molar-refractivity contribution is -0.143. The van der Waals surface area contributed by atoms with Crippen LogP contribution in [0.3, 0.4) is 0 Å². The third-order valence-corrected chi connectivity index (χ3v) is 3.41. The highest BCUT2D eigenvalue weighted by atomic mass is 19.4. The van der Waals surface area contributed by atoms with Gasteiger partial charge in [-0.3, -0.25) is 4.79 Å². The molecule has 1 rings (SSSR count). The molecular formula is C15H18F3NO3. The van der Waals surface area contributed by atoms with Crippen molar-refractivity contribution in [3.8, 4) is 0 Å². The minimum Gasteiger partial charge on any atom is -0.480 e. The molecule has 0 aliphatic carbocycles. The van der Waals surface area contributed by atoms with Gasteiger partial charge in [0.15, 0.2) is 0 Å². The number of alkyl halides is 3. The fourth-order valence-electron chi connectivity index (χ4n) is 1.95. The molecule has 0 unspecified atom stereocenters. The molecule has 0 saturated heterocycles. The van der Waals surface area contributed by atoms with Gasteiger partial charge < -0.3 is 10.4 Å². The summed E-state index contributed by atoms with van der Waals surface area (Å²) in [5.74, 6) is -2.05. The Labute approximate surface area is 126 Å². The third-order valence-electron chi connectivity index (χ3n) is 3.41. The first-order chi connectivity index (χ1) is 10.1. The summed E-state index contributed by atoms with van der Waals surface area (Å²) in [7, 11) is 0. The highest BCUT2D eigenvalue weighted by Gasteiger charge is 2.30. The Hall–Kier alpha value is -2.05. The Kier molecular flexibility index (Phi) is 5.96. The van der Waals surface area contributed by atoms with Crippen LogP contribution in [0.2, 0.25) is 0 Å². The highest BCUT2D eigenvalue weighted by Crippen LogP contribution is 2.29. The largest absolute Gasteiger partial charge is 0.480 e. The lowest BCUT2D eigenvalue weighted by atomic mass is 9.99. The van der Waals surface area contributed by atoms with Gasteiger partial charge in [0.2, 0.25) is 5.91 Å². The molecular weight excluding hydrogens is 299 g/mol. The molecule has 122 valence electrons. The Morgan fingerprint density at radius 3 is 2.45 bits per heavy atom. The summed E-state index contributed by atoms with van der Waals surface area (Å²) in [5.41, 5.74) is -0.657. The van der Waals surface area contributed by atoms with Gasteiger partial charge in [0.25, 0.3) is 0 Å². The predicted octanol–water partition coefficient (Wildman–Crippen LogP) is 2.86. The molecule has 0 aliphatic heterocycles. The van der Waals surface area contributed by atoms with Crippen LogP contribution in [0.15, 0.2) is 24.3 Å². The number of halogens is 3. The number of carbonyl (C=O) groups excluding carboxylic acids is 1. The Morgan fingerprint density at radius 2 is 1.95 bits per heavy atom. The van der Waals surface area contributed by atoms with Crippen molar-refractivity contribution in [2.75, 3.05) is 0 Å². The minimum atomic E-state index is -4.48. The highest BCUT2D eigenvalue weighted by molar-refractivity contribution is 5.85. The van der Waals surface area contributed by atoms with E-state index in [0.717, 1.165) is 12.1 Å². The van der Waals surface area contributed by atoms with Crippen molar-refractivity contribution in [1.82, 2.24) is 5.32 Å². The number of rotatable bonds is 6. The van der Waals surface area contributed by atoms with Crippen LogP contribution in [0, 0.1) is 5.92 Å². The first kappa shape index (κ1) is 18.0. The maximum Gasteiger partial charge on any atom is 0.416 e. The van der Waals surface area contributed by atoms with E-state index in [0.29, 0.717) is 6.42 Å². The average Bonchev–Trinajstić information content (AvgIpc) is 2.43. The zero-order valence-corrected chi connectivity index (χ0v) is 12.3. The summed E-state index contributed by atoms with van der Waals surface area (Å²) in [6, 6.07) is 3.37. The Morgan fingerprint density at radius 1 is 1.32 bits per heavy atom. The number of carbonyl (C=O) groups is 2. The fraction of sp³-hybridized carbons (Fsp3) is 0.467. The molecule has 0 aromatic heterocycles. The summed E-state index contributed by atoms with van der Waals surface area (Å²) in [6.07, 6.45) is -4.22. The lowest BCUT2D eigenvalue weighted by Crippen LogP contribution is -2.45. The van der Waals surface area contributed by atoms with Crippen LogP contribution in [0.1, 0.15) is 31.4 Å². The normalized spacial score (nSPS) is 14.2. The van der Waals surface area contributed by atoms with E-state index in [1.165, 1.54) is 12.1 Å². The number of hydrogen-bond donors (Lipinski definition) is 2. The van der Waals surface area contributed by atoms with Crippen LogP contribution in [0.5, 0.6) is 0 Å². The minimum absolute atomic E-state index is 0.181. The number of aliphatic carboxylic acids is 1. The second-order valence-electron chi connectivity index (χ2n) is 5.14. The predicted molar refractivity (Wildman–Crippen MR) is 74.2 cm³/mol. The van der Waals surface area contributed by atoms with Crippen molar-refractivity contribution in [1.29, 1.82) is 0 Å². The molecule has 2 N–H and O–H groups in total. The number of carboxylic acid groups (broad SMARTS) is 1. The van der Waals surface area contributed by atoms with Gasteiger partial charge in [0, 0.05) is 0 Å². The van der Waals surface area contributed by atoms with Crippen LogP contribution in [0.25, 0.3) is 0 Å². The molecule has 1 aromatic rings. The zero-order valence-electron chi connectivity index (χ0n) is 12.3. The Bertz CT molecular complexity index is 543. The Balaban J connectivity index is 2.78. The van der Waals surface area contributed by atoms with Crippen molar-refractivity contribution in [2.45, 2.75) is 38.9 Å². The van der Waals surface area contributed by atoms with Crippen molar-refractivity contribution in [3.63, 3.8) is 0 Å². The maximum atomic E-state index is 12.6. The molecule has 22 heavy (non-hydrogen) atoms. The van der Waals surface area contributed by atoms with Gasteiger partial charge in [0.05, 0.1) is 12.0 Å². The molecule has 0 saturated carbocycles. The number of amides is 1. The zero-order chi connectivity index (χ0) is 16.9. The van der Waals surface area contributed by atoms with Crippen LogP contribution in [-0.2, 0) is 22.2 Å². The second-order valence-corrected chi connectivity index (χ2v) is 5.14. The smallest absolute Gasteiger partial charge is 0.416 e. The van der Waals surface area contributed by atoms with Crippen LogP contribution in [-0.4, -0.2) is 23.0 Å². The van der Waals surface area contributed by atoms with E-state index in [-0.39, 0.29) is 17.9 Å². The van der Waals surface area contributed by atoms with Crippen molar-refractivity contribution >= 4 is 11.9 Å². The van der Waals surface area contributed by atoms with E-state index in [1.807, 2.05) is 0 Å². The average molecular weight is 317 g/mol. The van der Waals surface area contributed by atoms with E-state index >= 15 is 0 Å². The van der Waals surface area contributed by atoms with E-state index < -0.39 is 29.7 Å². The summed E-state index contributed by atoms with van der Waals surface area (Å²) in [6.45, 7) is 3.48. The summed E-state index contributed by atoms with van der Waals surface area (Å²) in [4.78, 5) is 23.0. The van der Waals surface area contributed by atoms with Crippen molar-refractivity contribution in [2.24, 2.45) is 5.92 Å². The number of benzene rings is 1. The molecule has 7 heteroatoms. The standard InChI is InChI=1S/C15H18F3NO3/c1-3-9(2)13(14(21)22)19-12(20)8-10-5-4-6-11(7-10)15(16,17)18/h4-7,9,13H,3,8H2,1-2H3,(H,19,20)(H,21,22)/t9-,13-/m1/s1. The van der Waals surface area contributed by atoms with Crippen LogP contribution < -0.4 is 5.32 Å². The maximum absolute atomic E-state index is 12.6. The second kappa shape index (κ2) is 7.29. The summed E-state index contributed by atoms with van der Waals surface area (Å²) >= 11 is 0. The van der Waals surface area contributed by atoms with Crippen LogP contribution in [0.4, 0.5) is 13.2 Å². The first-order valence-corrected chi connectivity index (χ1v) is 6.83. The molecule has 0 bridgehead atoms. The monoisotopic (exact) mass is 317 g/mol. The third kappa shape index (κ3) is 5.05. The van der Waals surface area contributed by atoms with E-state index in [1.54, 1.807) is 13.8 Å². The summed E-state index contributed by atoms with van der Waals surface area (Å²) < 4.78 is 37.8. The van der Waals surface area contributed by atoms with E-state index in [4.69, 9.17) is 5.11 Å². The topological polar surface area (TPSA) is 66.4 Å². The molecule has 4 nitrogen and oxygen atoms in total. The molecule has 1 amide bonds. The quantitative estimate of drug-likeness (QED) is 0.848. The van der Waals surface area contributed by atoms with Gasteiger partial charge in [-0.1, -0.05) is 38.5 Å². The molecule has 0 spiro atoms. The fourth-order valence-corrected chi connectivity index (χ4v) is 1.95. The number of nitrogens with one attached hydrogen (secondary N) is 1. The molecule has 1 aromatic carbocycles. The van der Waals surface area contributed by atoms with Gasteiger partial charge in [-0.2, -0.15) is 13.2 Å². The molecule has 0 heterocycles. The van der Waals surface area contributed by atoms with Crippen molar-refractivity contribution < 1.29 is 27.9 Å². The molecule has 0 aliphatic rings. The van der Waals surface area contributed by atoms with Gasteiger partial charge in [-0.25, -0.2) is 4.79 Å². The van der Waals surface area contributed by atoms with E-state index in [9.17, 15) is 22.8 Å². The van der Waals surface area contributed by atoms with Crippen molar-refractivity contribution in [3.05, 3.63) is 35.4 Å². The molecule has 0 fully saturated rings.